The molecule has 0 saturated carbocycles. The molecule has 3 aromatic rings. The van der Waals surface area contributed by atoms with Crippen molar-refractivity contribution in [2.75, 3.05) is 21.3 Å². The molecule has 0 unspecified atom stereocenters. The van der Waals surface area contributed by atoms with Crippen molar-refractivity contribution in [2.45, 2.75) is 0 Å². The summed E-state index contributed by atoms with van der Waals surface area (Å²) in [5.41, 5.74) is 1.20. The molecule has 0 aliphatic rings. The highest BCUT2D eigenvalue weighted by Crippen LogP contribution is 2.35. The zero-order chi connectivity index (χ0) is 19.4. The summed E-state index contributed by atoms with van der Waals surface area (Å²) in [7, 11) is 4.64. The number of ketones is 1. The molecule has 0 spiro atoms. The molecule has 0 atom stereocenters. The van der Waals surface area contributed by atoms with Gasteiger partial charge < -0.3 is 19.3 Å². The number of ether oxygens (including phenoxy) is 3. The molecular formula is C22H20O5. The maximum absolute atomic E-state index is 12.6. The Kier molecular flexibility index (Phi) is 5.31. The second-order valence-corrected chi connectivity index (χ2v) is 5.82. The van der Waals surface area contributed by atoms with E-state index in [9.17, 15) is 9.90 Å². The molecule has 0 bridgehead atoms. The lowest BCUT2D eigenvalue weighted by Crippen LogP contribution is -1.97. The summed E-state index contributed by atoms with van der Waals surface area (Å²) < 4.78 is 15.8. The van der Waals surface area contributed by atoms with Crippen LogP contribution in [0, 0.1) is 0 Å². The molecule has 0 aliphatic carbocycles. The number of hydrogen-bond donors (Lipinski definition) is 1. The first-order chi connectivity index (χ1) is 13.1. The maximum Gasteiger partial charge on any atom is 0.185 e. The zero-order valence-corrected chi connectivity index (χ0v) is 15.4. The Bertz CT molecular complexity index is 1020. The van der Waals surface area contributed by atoms with Crippen LogP contribution in [-0.4, -0.2) is 32.2 Å². The molecular weight excluding hydrogens is 344 g/mol. The van der Waals surface area contributed by atoms with Crippen molar-refractivity contribution in [3.63, 3.8) is 0 Å². The van der Waals surface area contributed by atoms with E-state index in [1.807, 2.05) is 12.1 Å². The number of benzene rings is 3. The third-order valence-corrected chi connectivity index (χ3v) is 4.31. The zero-order valence-electron chi connectivity index (χ0n) is 15.4. The molecule has 0 radical (unpaired) electrons. The van der Waals surface area contributed by atoms with Crippen molar-refractivity contribution >= 4 is 22.6 Å². The van der Waals surface area contributed by atoms with Crippen LogP contribution in [0.5, 0.6) is 23.0 Å². The second-order valence-electron chi connectivity index (χ2n) is 5.82. The van der Waals surface area contributed by atoms with Crippen LogP contribution in [0.2, 0.25) is 0 Å². The number of fused-ring (bicyclic) bond motifs is 1. The van der Waals surface area contributed by atoms with E-state index in [2.05, 4.69) is 0 Å². The number of carbonyl (C=O) groups is 1. The van der Waals surface area contributed by atoms with Crippen LogP contribution in [0.3, 0.4) is 0 Å². The Morgan fingerprint density at radius 2 is 1.59 bits per heavy atom. The van der Waals surface area contributed by atoms with Gasteiger partial charge in [0.15, 0.2) is 17.3 Å². The molecule has 27 heavy (non-hydrogen) atoms. The molecule has 0 saturated heterocycles. The largest absolute Gasteiger partial charge is 0.507 e. The summed E-state index contributed by atoms with van der Waals surface area (Å²) in [5, 5.41) is 11.7. The van der Waals surface area contributed by atoms with Gasteiger partial charge in [0.2, 0.25) is 0 Å². The van der Waals surface area contributed by atoms with Crippen LogP contribution < -0.4 is 14.2 Å². The number of phenolic OH excluding ortho intramolecular Hbond substituents is 1. The van der Waals surface area contributed by atoms with E-state index in [-0.39, 0.29) is 11.5 Å². The van der Waals surface area contributed by atoms with Crippen molar-refractivity contribution in [3.05, 3.63) is 65.7 Å². The van der Waals surface area contributed by atoms with E-state index < -0.39 is 0 Å². The second kappa shape index (κ2) is 7.83. The van der Waals surface area contributed by atoms with Gasteiger partial charge in [-0.25, -0.2) is 0 Å². The van der Waals surface area contributed by atoms with Crippen molar-refractivity contribution in [1.82, 2.24) is 0 Å². The van der Waals surface area contributed by atoms with Gasteiger partial charge in [-0.2, -0.15) is 0 Å². The van der Waals surface area contributed by atoms with Gasteiger partial charge in [-0.05, 0) is 42.0 Å². The summed E-state index contributed by atoms with van der Waals surface area (Å²) in [6.45, 7) is 0. The molecule has 1 N–H and O–H groups in total. The van der Waals surface area contributed by atoms with Crippen molar-refractivity contribution < 1.29 is 24.1 Å². The molecule has 5 nitrogen and oxygen atoms in total. The Labute approximate surface area is 157 Å². The van der Waals surface area contributed by atoms with E-state index in [4.69, 9.17) is 14.2 Å². The van der Waals surface area contributed by atoms with Crippen molar-refractivity contribution in [2.24, 2.45) is 0 Å². The normalized spacial score (nSPS) is 10.9. The molecule has 3 rings (SSSR count). The van der Waals surface area contributed by atoms with Crippen LogP contribution >= 0.6 is 0 Å². The van der Waals surface area contributed by atoms with E-state index in [1.165, 1.54) is 13.2 Å². The van der Waals surface area contributed by atoms with Gasteiger partial charge in [0, 0.05) is 16.3 Å². The highest BCUT2D eigenvalue weighted by molar-refractivity contribution is 6.09. The Morgan fingerprint density at radius 1 is 0.889 bits per heavy atom. The topological polar surface area (TPSA) is 65.0 Å². The fourth-order valence-corrected chi connectivity index (χ4v) is 2.96. The molecule has 3 aromatic carbocycles. The SMILES string of the molecule is COc1ccc(C(=O)/C=C/c2ccc(OC)c3cccc(O)c23)cc1OC. The van der Waals surface area contributed by atoms with Crippen LogP contribution in [0.15, 0.2) is 54.6 Å². The van der Waals surface area contributed by atoms with Gasteiger partial charge in [-0.3, -0.25) is 4.79 Å². The van der Waals surface area contributed by atoms with Crippen LogP contribution in [0.1, 0.15) is 15.9 Å². The average molecular weight is 364 g/mol. The predicted octanol–water partition coefficient (Wildman–Crippen LogP) is 4.47. The first-order valence-electron chi connectivity index (χ1n) is 8.32. The molecule has 138 valence electrons. The van der Waals surface area contributed by atoms with Gasteiger partial charge in [0.25, 0.3) is 0 Å². The van der Waals surface area contributed by atoms with E-state index in [0.717, 1.165) is 10.9 Å². The summed E-state index contributed by atoms with van der Waals surface area (Å²) >= 11 is 0. The minimum atomic E-state index is -0.185. The van der Waals surface area contributed by atoms with Crippen molar-refractivity contribution in [1.29, 1.82) is 0 Å². The summed E-state index contributed by atoms with van der Waals surface area (Å²) in [6.07, 6.45) is 3.15. The van der Waals surface area contributed by atoms with Crippen LogP contribution in [0.25, 0.3) is 16.8 Å². The standard InChI is InChI=1S/C22H20O5/c1-25-19-11-8-14(22-16(19)5-4-6-18(22)24)7-10-17(23)15-9-12-20(26-2)21(13-15)27-3/h4-13,24H,1-3H3/b10-7+. The minimum absolute atomic E-state index is 0.129. The number of rotatable bonds is 6. The summed E-state index contributed by atoms with van der Waals surface area (Å²) in [4.78, 5) is 12.6. The van der Waals surface area contributed by atoms with Gasteiger partial charge in [0.05, 0.1) is 21.3 Å². The van der Waals surface area contributed by atoms with Gasteiger partial charge >= 0.3 is 0 Å². The fourth-order valence-electron chi connectivity index (χ4n) is 2.96. The Morgan fingerprint density at radius 3 is 2.30 bits per heavy atom. The first-order valence-corrected chi connectivity index (χ1v) is 8.32. The number of hydrogen-bond acceptors (Lipinski definition) is 5. The lowest BCUT2D eigenvalue weighted by Gasteiger charge is -2.10. The van der Waals surface area contributed by atoms with Gasteiger partial charge in [-0.1, -0.05) is 24.3 Å². The number of allylic oxidation sites excluding steroid dienone is 1. The minimum Gasteiger partial charge on any atom is -0.507 e. The van der Waals surface area contributed by atoms with Gasteiger partial charge in [0.1, 0.15) is 11.5 Å². The first kappa shape index (κ1) is 18.3. The molecule has 0 fully saturated rings. The monoisotopic (exact) mass is 364 g/mol. The summed E-state index contributed by atoms with van der Waals surface area (Å²) in [6, 6.07) is 13.8. The molecule has 0 amide bonds. The predicted molar refractivity (Wildman–Crippen MR) is 105 cm³/mol. The molecule has 5 heteroatoms. The highest BCUT2D eigenvalue weighted by atomic mass is 16.5. The summed E-state index contributed by atoms with van der Waals surface area (Å²) in [5.74, 6) is 1.65. The van der Waals surface area contributed by atoms with Crippen molar-refractivity contribution in [3.8, 4) is 23.0 Å². The quantitative estimate of drug-likeness (QED) is 0.516. The lowest BCUT2D eigenvalue weighted by atomic mass is 10.0. The molecule has 0 heterocycles. The third-order valence-electron chi connectivity index (χ3n) is 4.31. The smallest absolute Gasteiger partial charge is 0.185 e. The molecule has 0 aromatic heterocycles. The maximum atomic E-state index is 12.6. The number of carbonyl (C=O) groups excluding carboxylic acids is 1. The number of aromatic hydroxyl groups is 1. The van der Waals surface area contributed by atoms with Crippen LogP contribution in [0.4, 0.5) is 0 Å². The number of phenols is 1. The fraction of sp³-hybridized carbons (Fsp3) is 0.136. The van der Waals surface area contributed by atoms with E-state index in [0.29, 0.717) is 28.2 Å². The van der Waals surface area contributed by atoms with E-state index >= 15 is 0 Å². The molecule has 0 aliphatic heterocycles. The number of methoxy groups -OCH3 is 3. The Balaban J connectivity index is 1.98. The van der Waals surface area contributed by atoms with E-state index in [1.54, 1.807) is 56.7 Å². The Hall–Kier alpha value is -3.47. The van der Waals surface area contributed by atoms with Gasteiger partial charge in [-0.15, -0.1) is 0 Å². The third kappa shape index (κ3) is 3.58. The lowest BCUT2D eigenvalue weighted by molar-refractivity contribution is 0.104. The highest BCUT2D eigenvalue weighted by Gasteiger charge is 2.11. The average Bonchev–Trinajstić information content (AvgIpc) is 2.71. The van der Waals surface area contributed by atoms with Crippen LogP contribution in [-0.2, 0) is 0 Å².